The molecule has 3 amide bonds. The van der Waals surface area contributed by atoms with E-state index in [4.69, 9.17) is 4.42 Å². The molecule has 3 heterocycles. The van der Waals surface area contributed by atoms with Gasteiger partial charge in [0.15, 0.2) is 5.58 Å². The number of rotatable bonds is 3. The monoisotopic (exact) mass is 358 g/mol. The summed E-state index contributed by atoms with van der Waals surface area (Å²) < 4.78 is 19.0. The summed E-state index contributed by atoms with van der Waals surface area (Å²) in [6.07, 6.45) is 3.37. The molecule has 0 bridgehead atoms. The zero-order valence-electron chi connectivity index (χ0n) is 14.2. The average Bonchev–Trinajstić information content (AvgIpc) is 3.30. The minimum Gasteiger partial charge on any atom is -0.423 e. The summed E-state index contributed by atoms with van der Waals surface area (Å²) in [6.45, 7) is 1.56. The Labute approximate surface area is 149 Å². The first-order chi connectivity index (χ1) is 12.6. The van der Waals surface area contributed by atoms with Crippen LogP contribution in [-0.2, 0) is 4.79 Å². The van der Waals surface area contributed by atoms with Crippen LogP contribution < -0.4 is 4.90 Å². The summed E-state index contributed by atoms with van der Waals surface area (Å²) in [5, 5.41) is 0. The van der Waals surface area contributed by atoms with E-state index in [0.29, 0.717) is 30.2 Å². The second-order valence-electron chi connectivity index (χ2n) is 7.23. The van der Waals surface area contributed by atoms with E-state index in [2.05, 4.69) is 4.98 Å². The van der Waals surface area contributed by atoms with Gasteiger partial charge in [0, 0.05) is 31.2 Å². The third-order valence-electron chi connectivity index (χ3n) is 5.45. The molecule has 1 aromatic carbocycles. The number of amides is 3. The molecular weight excluding hydrogens is 339 g/mol. The van der Waals surface area contributed by atoms with E-state index in [1.807, 2.05) is 4.90 Å². The topological polar surface area (TPSA) is 69.9 Å². The standard InChI is InChI=1S/C18H19FN4O3/c19-11-1-4-14-15(9-11)26-17(20-14)21-7-5-12(6-8-21)22-10-16(24)23(18(22)25)13-2-3-13/h1,4,9,12-13H,2-3,5-8,10H2. The summed E-state index contributed by atoms with van der Waals surface area (Å²) in [4.78, 5) is 34.3. The normalized spacial score (nSPS) is 22.1. The second-order valence-corrected chi connectivity index (χ2v) is 7.23. The van der Waals surface area contributed by atoms with Crippen LogP contribution in [0.5, 0.6) is 0 Å². The van der Waals surface area contributed by atoms with Crippen molar-refractivity contribution in [3.63, 3.8) is 0 Å². The second kappa shape index (κ2) is 5.69. The maximum atomic E-state index is 13.3. The van der Waals surface area contributed by atoms with Crippen LogP contribution in [0.15, 0.2) is 22.6 Å². The number of nitrogens with zero attached hydrogens (tertiary/aromatic N) is 4. The lowest BCUT2D eigenvalue weighted by molar-refractivity contribution is -0.125. The first-order valence-corrected chi connectivity index (χ1v) is 9.04. The number of carbonyl (C=O) groups is 2. The molecule has 0 unspecified atom stereocenters. The molecule has 26 heavy (non-hydrogen) atoms. The van der Waals surface area contributed by atoms with E-state index < -0.39 is 0 Å². The Morgan fingerprint density at radius 2 is 1.85 bits per heavy atom. The molecule has 0 spiro atoms. The quantitative estimate of drug-likeness (QED) is 0.788. The van der Waals surface area contributed by atoms with Gasteiger partial charge >= 0.3 is 6.03 Å². The van der Waals surface area contributed by atoms with Crippen LogP contribution in [0.4, 0.5) is 15.2 Å². The van der Waals surface area contributed by atoms with Crippen molar-refractivity contribution >= 4 is 29.1 Å². The average molecular weight is 358 g/mol. The fourth-order valence-corrected chi connectivity index (χ4v) is 3.90. The van der Waals surface area contributed by atoms with Crippen LogP contribution in [-0.4, -0.2) is 58.4 Å². The minimum atomic E-state index is -0.351. The van der Waals surface area contributed by atoms with Gasteiger partial charge < -0.3 is 14.2 Å². The van der Waals surface area contributed by atoms with E-state index in [9.17, 15) is 14.0 Å². The van der Waals surface area contributed by atoms with Gasteiger partial charge in [0.05, 0.1) is 0 Å². The summed E-state index contributed by atoms with van der Waals surface area (Å²) in [6, 6.07) is 4.84. The fourth-order valence-electron chi connectivity index (χ4n) is 3.90. The third kappa shape index (κ3) is 2.51. The number of hydrogen-bond donors (Lipinski definition) is 0. The van der Waals surface area contributed by atoms with Crippen LogP contribution >= 0.6 is 0 Å². The molecule has 0 N–H and O–H groups in total. The Kier molecular flexibility index (Phi) is 3.41. The summed E-state index contributed by atoms with van der Waals surface area (Å²) in [5.41, 5.74) is 1.06. The number of aromatic nitrogens is 1. The molecule has 2 aliphatic heterocycles. The van der Waals surface area contributed by atoms with Crippen LogP contribution in [0.2, 0.25) is 0 Å². The van der Waals surface area contributed by atoms with Crippen LogP contribution in [0, 0.1) is 5.82 Å². The zero-order chi connectivity index (χ0) is 17.8. The number of halogens is 1. The van der Waals surface area contributed by atoms with Crippen molar-refractivity contribution in [2.24, 2.45) is 0 Å². The van der Waals surface area contributed by atoms with Crippen molar-refractivity contribution in [2.75, 3.05) is 24.5 Å². The molecule has 1 saturated carbocycles. The van der Waals surface area contributed by atoms with Crippen molar-refractivity contribution in [3.8, 4) is 0 Å². The minimum absolute atomic E-state index is 0.0632. The Morgan fingerprint density at radius 1 is 1.08 bits per heavy atom. The Bertz CT molecular complexity index is 886. The molecule has 0 atom stereocenters. The van der Waals surface area contributed by atoms with E-state index in [1.165, 1.54) is 17.0 Å². The molecule has 0 radical (unpaired) electrons. The van der Waals surface area contributed by atoms with E-state index in [-0.39, 0.29) is 36.4 Å². The smallest absolute Gasteiger partial charge is 0.327 e. The highest BCUT2D eigenvalue weighted by atomic mass is 19.1. The number of piperidine rings is 1. The van der Waals surface area contributed by atoms with Gasteiger partial charge in [-0.25, -0.2) is 9.18 Å². The number of imide groups is 1. The van der Waals surface area contributed by atoms with Gasteiger partial charge in [-0.15, -0.1) is 0 Å². The van der Waals surface area contributed by atoms with Crippen molar-refractivity contribution in [1.29, 1.82) is 0 Å². The highest BCUT2D eigenvalue weighted by Crippen LogP contribution is 2.33. The lowest BCUT2D eigenvalue weighted by Crippen LogP contribution is -2.46. The molecule has 1 aromatic heterocycles. The molecule has 5 rings (SSSR count). The maximum Gasteiger partial charge on any atom is 0.327 e. The summed E-state index contributed by atoms with van der Waals surface area (Å²) in [7, 11) is 0. The molecule has 7 nitrogen and oxygen atoms in total. The zero-order valence-corrected chi connectivity index (χ0v) is 14.2. The maximum absolute atomic E-state index is 13.3. The first-order valence-electron chi connectivity index (χ1n) is 9.04. The van der Waals surface area contributed by atoms with Gasteiger partial charge in [-0.1, -0.05) is 0 Å². The summed E-state index contributed by atoms with van der Waals surface area (Å²) in [5.74, 6) is -0.419. The van der Waals surface area contributed by atoms with Gasteiger partial charge in [0.25, 0.3) is 11.9 Å². The van der Waals surface area contributed by atoms with Gasteiger partial charge in [-0.05, 0) is 37.8 Å². The predicted octanol–water partition coefficient (Wildman–Crippen LogP) is 2.36. The van der Waals surface area contributed by atoms with Crippen molar-refractivity contribution < 1.29 is 18.4 Å². The van der Waals surface area contributed by atoms with Gasteiger partial charge in [-0.3, -0.25) is 9.69 Å². The van der Waals surface area contributed by atoms with Crippen molar-refractivity contribution in [3.05, 3.63) is 24.0 Å². The number of carbonyl (C=O) groups excluding carboxylic acids is 2. The van der Waals surface area contributed by atoms with Crippen molar-refractivity contribution in [2.45, 2.75) is 37.8 Å². The van der Waals surface area contributed by atoms with E-state index >= 15 is 0 Å². The number of fused-ring (bicyclic) bond motifs is 1. The summed E-state index contributed by atoms with van der Waals surface area (Å²) >= 11 is 0. The molecule has 3 aliphatic rings. The van der Waals surface area contributed by atoms with E-state index in [0.717, 1.165) is 25.7 Å². The van der Waals surface area contributed by atoms with Gasteiger partial charge in [0.2, 0.25) is 0 Å². The van der Waals surface area contributed by atoms with Crippen LogP contribution in [0.3, 0.4) is 0 Å². The highest BCUT2D eigenvalue weighted by molar-refractivity contribution is 6.02. The number of anilines is 1. The largest absolute Gasteiger partial charge is 0.423 e. The number of benzene rings is 1. The van der Waals surface area contributed by atoms with Gasteiger partial charge in [0.1, 0.15) is 17.9 Å². The molecule has 1 aliphatic carbocycles. The molecule has 136 valence electrons. The molecule has 3 fully saturated rings. The fraction of sp³-hybridized carbons (Fsp3) is 0.500. The molecule has 8 heteroatoms. The third-order valence-corrected chi connectivity index (χ3v) is 5.45. The Hall–Kier alpha value is -2.64. The van der Waals surface area contributed by atoms with E-state index in [1.54, 1.807) is 11.0 Å². The Balaban J connectivity index is 1.27. The SMILES string of the molecule is O=C1CN(C2CCN(c3nc4ccc(F)cc4o3)CC2)C(=O)N1C1CC1. The number of hydrogen-bond acceptors (Lipinski definition) is 5. The van der Waals surface area contributed by atoms with Crippen molar-refractivity contribution in [1.82, 2.24) is 14.8 Å². The molecule has 2 aromatic rings. The Morgan fingerprint density at radius 3 is 2.58 bits per heavy atom. The van der Waals surface area contributed by atoms with Crippen LogP contribution in [0.1, 0.15) is 25.7 Å². The van der Waals surface area contributed by atoms with Crippen LogP contribution in [0.25, 0.3) is 11.1 Å². The molecule has 2 saturated heterocycles. The van der Waals surface area contributed by atoms with Gasteiger partial charge in [-0.2, -0.15) is 4.98 Å². The first kappa shape index (κ1) is 15.6. The number of oxazole rings is 1. The predicted molar refractivity (Wildman–Crippen MR) is 91.2 cm³/mol. The molecular formula is C18H19FN4O3. The number of urea groups is 1. The lowest BCUT2D eigenvalue weighted by Gasteiger charge is -2.35. The highest BCUT2D eigenvalue weighted by Gasteiger charge is 2.47. The lowest BCUT2D eigenvalue weighted by atomic mass is 10.0.